The number of allylic oxidation sites excluding steroid dienone is 1. The van der Waals surface area contributed by atoms with Gasteiger partial charge in [-0.3, -0.25) is 14.5 Å². The second kappa shape index (κ2) is 7.51. The number of hydrogen-bond acceptors (Lipinski definition) is 3. The Kier molecular flexibility index (Phi) is 5.17. The molecule has 1 amide bonds. The summed E-state index contributed by atoms with van der Waals surface area (Å²) in [5, 5.41) is 7.54. The van der Waals surface area contributed by atoms with Crippen molar-refractivity contribution in [2.75, 3.05) is 38.1 Å². The van der Waals surface area contributed by atoms with Gasteiger partial charge in [-0.25, -0.2) is 0 Å². The van der Waals surface area contributed by atoms with Crippen molar-refractivity contribution in [1.82, 2.24) is 20.0 Å². The molecule has 0 unspecified atom stereocenters. The first-order valence-electron chi connectivity index (χ1n) is 8.60. The van der Waals surface area contributed by atoms with E-state index in [4.69, 9.17) is 0 Å². The van der Waals surface area contributed by atoms with Crippen LogP contribution < -0.4 is 10.2 Å². The fraction of sp³-hybridized carbons (Fsp3) is 0.588. The molecule has 1 aliphatic heterocycles. The highest BCUT2D eigenvalue weighted by Gasteiger charge is 2.27. The lowest BCUT2D eigenvalue weighted by Gasteiger charge is -2.35. The number of rotatable bonds is 4. The Morgan fingerprint density at radius 2 is 2.29 bits per heavy atom. The number of piperazine rings is 1. The summed E-state index contributed by atoms with van der Waals surface area (Å²) in [5.41, 5.74) is 2.40. The number of aryl methyl sites for hydroxylation is 1. The summed E-state index contributed by atoms with van der Waals surface area (Å²) in [4.78, 5) is 20.6. The van der Waals surface area contributed by atoms with Gasteiger partial charge in [0.25, 0.3) is 0 Å². The molecule has 0 aromatic carbocycles. The van der Waals surface area contributed by atoms with E-state index in [0.717, 1.165) is 31.2 Å². The summed E-state index contributed by atoms with van der Waals surface area (Å²) in [7, 11) is 3.63. The fourth-order valence-corrected chi connectivity index (χ4v) is 3.31. The third-order valence-corrected chi connectivity index (χ3v) is 4.60. The average molecular weight is 330 g/mol. The number of carbonyl (C=O) groups excluding carboxylic acids is 1. The molecule has 3 rings (SSSR count). The molecule has 7 nitrogen and oxygen atoms in total. The van der Waals surface area contributed by atoms with Gasteiger partial charge in [-0.2, -0.15) is 5.10 Å². The lowest BCUT2D eigenvalue weighted by Crippen LogP contribution is -2.55. The molecule has 0 spiro atoms. The summed E-state index contributed by atoms with van der Waals surface area (Å²) in [5.74, 6) is 0.892. The van der Waals surface area contributed by atoms with Crippen molar-refractivity contribution in [2.24, 2.45) is 12.0 Å². The van der Waals surface area contributed by atoms with Gasteiger partial charge in [0.05, 0.1) is 11.9 Å². The first-order valence-corrected chi connectivity index (χ1v) is 8.60. The van der Waals surface area contributed by atoms with E-state index in [1.165, 1.54) is 24.8 Å². The van der Waals surface area contributed by atoms with Gasteiger partial charge in [-0.05, 0) is 25.7 Å². The van der Waals surface area contributed by atoms with E-state index < -0.39 is 0 Å². The zero-order chi connectivity index (χ0) is 16.9. The highest BCUT2D eigenvalue weighted by atomic mass is 16.2. The second-order valence-corrected chi connectivity index (χ2v) is 6.32. The van der Waals surface area contributed by atoms with Gasteiger partial charge in [0.1, 0.15) is 6.54 Å². The molecule has 1 aromatic rings. The van der Waals surface area contributed by atoms with E-state index in [2.05, 4.69) is 21.5 Å². The number of nitrogens with zero attached hydrogens (tertiary/aromatic N) is 5. The van der Waals surface area contributed by atoms with E-state index in [1.807, 2.05) is 18.1 Å². The summed E-state index contributed by atoms with van der Waals surface area (Å²) >= 11 is 0. The highest BCUT2D eigenvalue weighted by Crippen LogP contribution is 2.20. The predicted octanol–water partition coefficient (Wildman–Crippen LogP) is 1.14. The number of amides is 1. The molecular formula is C17H26N6O. The van der Waals surface area contributed by atoms with Crippen LogP contribution in [-0.2, 0) is 11.8 Å². The number of guanidine groups is 1. The Morgan fingerprint density at radius 1 is 1.42 bits per heavy atom. The maximum Gasteiger partial charge on any atom is 0.246 e. The molecule has 1 fully saturated rings. The van der Waals surface area contributed by atoms with Crippen molar-refractivity contribution >= 4 is 17.6 Å². The Bertz CT molecular complexity index is 647. The van der Waals surface area contributed by atoms with Crippen molar-refractivity contribution in [3.63, 3.8) is 0 Å². The van der Waals surface area contributed by atoms with E-state index in [9.17, 15) is 4.79 Å². The normalized spacial score (nSPS) is 19.0. The van der Waals surface area contributed by atoms with Crippen LogP contribution in [0.15, 0.2) is 29.0 Å². The minimum Gasteiger partial charge on any atom is -0.356 e. The van der Waals surface area contributed by atoms with Crippen LogP contribution in [0.3, 0.4) is 0 Å². The van der Waals surface area contributed by atoms with Gasteiger partial charge >= 0.3 is 0 Å². The highest BCUT2D eigenvalue weighted by molar-refractivity contribution is 5.98. The summed E-state index contributed by atoms with van der Waals surface area (Å²) in [6, 6.07) is 0. The van der Waals surface area contributed by atoms with Crippen LogP contribution in [0.1, 0.15) is 25.7 Å². The van der Waals surface area contributed by atoms with Gasteiger partial charge in [-0.1, -0.05) is 11.6 Å². The zero-order valence-electron chi connectivity index (χ0n) is 14.5. The number of carbonyl (C=O) groups is 1. The summed E-state index contributed by atoms with van der Waals surface area (Å²) in [6.07, 6.45) is 10.7. The third-order valence-electron chi connectivity index (χ3n) is 4.60. The average Bonchev–Trinajstić information content (AvgIpc) is 3.23. The first kappa shape index (κ1) is 16.5. The van der Waals surface area contributed by atoms with Gasteiger partial charge in [0.2, 0.25) is 5.91 Å². The first-order chi connectivity index (χ1) is 11.7. The molecule has 0 bridgehead atoms. The quantitative estimate of drug-likeness (QED) is 0.511. The molecule has 2 aliphatic rings. The third kappa shape index (κ3) is 3.77. The van der Waals surface area contributed by atoms with Crippen LogP contribution in [0.2, 0.25) is 0 Å². The van der Waals surface area contributed by atoms with Gasteiger partial charge in [0.15, 0.2) is 5.96 Å². The maximum atomic E-state index is 12.5. The van der Waals surface area contributed by atoms with Crippen molar-refractivity contribution in [3.8, 4) is 0 Å². The monoisotopic (exact) mass is 330 g/mol. The number of anilines is 1. The lowest BCUT2D eigenvalue weighted by atomic mass is 10.2. The molecule has 24 heavy (non-hydrogen) atoms. The zero-order valence-corrected chi connectivity index (χ0v) is 14.5. The second-order valence-electron chi connectivity index (χ2n) is 6.32. The summed E-state index contributed by atoms with van der Waals surface area (Å²) < 4.78 is 1.72. The van der Waals surface area contributed by atoms with E-state index in [-0.39, 0.29) is 5.91 Å². The van der Waals surface area contributed by atoms with Gasteiger partial charge in [-0.15, -0.1) is 0 Å². The van der Waals surface area contributed by atoms with E-state index in [0.29, 0.717) is 13.1 Å². The molecule has 0 saturated carbocycles. The smallest absolute Gasteiger partial charge is 0.246 e. The predicted molar refractivity (Wildman–Crippen MR) is 95.0 cm³/mol. The largest absolute Gasteiger partial charge is 0.356 e. The SMILES string of the molecule is CN=C(NCCC1=CCCC1)N1CCN(c2cnn(C)c2)C(=O)C1. The van der Waals surface area contributed by atoms with Crippen LogP contribution in [0.4, 0.5) is 5.69 Å². The fourth-order valence-electron chi connectivity index (χ4n) is 3.31. The van der Waals surface area contributed by atoms with Crippen LogP contribution in [0.5, 0.6) is 0 Å². The van der Waals surface area contributed by atoms with Gasteiger partial charge in [0, 0.05) is 39.9 Å². The summed E-state index contributed by atoms with van der Waals surface area (Å²) in [6.45, 7) is 2.63. The van der Waals surface area contributed by atoms with Crippen molar-refractivity contribution in [3.05, 3.63) is 24.0 Å². The molecule has 0 atom stereocenters. The molecule has 1 aliphatic carbocycles. The molecule has 2 heterocycles. The molecule has 1 N–H and O–H groups in total. The minimum atomic E-state index is 0.0794. The lowest BCUT2D eigenvalue weighted by molar-refractivity contribution is -0.120. The van der Waals surface area contributed by atoms with Crippen LogP contribution >= 0.6 is 0 Å². The van der Waals surface area contributed by atoms with E-state index in [1.54, 1.807) is 22.8 Å². The molecule has 130 valence electrons. The van der Waals surface area contributed by atoms with Crippen molar-refractivity contribution < 1.29 is 4.79 Å². The Morgan fingerprint density at radius 3 is 2.92 bits per heavy atom. The van der Waals surface area contributed by atoms with Crippen molar-refractivity contribution in [1.29, 1.82) is 0 Å². The van der Waals surface area contributed by atoms with Crippen LogP contribution in [0, 0.1) is 0 Å². The van der Waals surface area contributed by atoms with Gasteiger partial charge < -0.3 is 15.1 Å². The Balaban J connectivity index is 1.52. The minimum absolute atomic E-state index is 0.0794. The van der Waals surface area contributed by atoms with E-state index >= 15 is 0 Å². The number of aromatic nitrogens is 2. The molecule has 1 aromatic heterocycles. The number of hydrogen-bond donors (Lipinski definition) is 1. The molecule has 7 heteroatoms. The molecule has 1 saturated heterocycles. The topological polar surface area (TPSA) is 65.8 Å². The molecular weight excluding hydrogens is 304 g/mol. The van der Waals surface area contributed by atoms with Crippen molar-refractivity contribution in [2.45, 2.75) is 25.7 Å². The standard InChI is InChI=1S/C17H26N6O/c1-18-17(19-8-7-14-5-3-4-6-14)22-9-10-23(16(24)13-22)15-11-20-21(2)12-15/h5,11-12H,3-4,6-10,13H2,1-2H3,(H,18,19). The van der Waals surface area contributed by atoms with Crippen LogP contribution in [0.25, 0.3) is 0 Å². The Labute approximate surface area is 143 Å². The Hall–Kier alpha value is -2.31. The maximum absolute atomic E-state index is 12.5. The molecule has 0 radical (unpaired) electrons. The van der Waals surface area contributed by atoms with Crippen LogP contribution in [-0.4, -0.2) is 59.8 Å². The number of nitrogens with one attached hydrogen (secondary N) is 1. The number of aliphatic imine (C=N–C) groups is 1.